The summed E-state index contributed by atoms with van der Waals surface area (Å²) in [4.78, 5) is 11.1. The molecule has 0 aliphatic carbocycles. The van der Waals surface area contributed by atoms with Crippen molar-refractivity contribution in [2.45, 2.75) is 32.6 Å². The Hall–Kier alpha value is -0.770. The van der Waals surface area contributed by atoms with E-state index < -0.39 is 0 Å². The molecule has 0 rings (SSSR count). The fourth-order valence-electron chi connectivity index (χ4n) is 1.01. The molecule has 4 heteroatoms. The number of hydrogen-bond donors (Lipinski definition) is 2. The average molecular weight is 202 g/mol. The summed E-state index contributed by atoms with van der Waals surface area (Å²) in [6.45, 7) is 4.35. The number of urea groups is 1. The van der Waals surface area contributed by atoms with Gasteiger partial charge in [0.1, 0.15) is 0 Å². The van der Waals surface area contributed by atoms with E-state index in [1.54, 1.807) is 7.11 Å². The fraction of sp³-hybridized carbons (Fsp3) is 0.900. The van der Waals surface area contributed by atoms with Crippen molar-refractivity contribution in [3.05, 3.63) is 0 Å². The Bertz CT molecular complexity index is 140. The van der Waals surface area contributed by atoms with Crippen LogP contribution >= 0.6 is 0 Å². The van der Waals surface area contributed by atoms with Crippen molar-refractivity contribution in [3.8, 4) is 0 Å². The highest BCUT2D eigenvalue weighted by atomic mass is 16.5. The lowest BCUT2D eigenvalue weighted by molar-refractivity contribution is 0.192. The van der Waals surface area contributed by atoms with E-state index in [0.29, 0.717) is 0 Å². The zero-order valence-corrected chi connectivity index (χ0v) is 9.27. The van der Waals surface area contributed by atoms with Gasteiger partial charge in [-0.3, -0.25) is 0 Å². The number of rotatable bonds is 8. The Morgan fingerprint density at radius 2 is 1.79 bits per heavy atom. The molecule has 0 aliphatic rings. The van der Waals surface area contributed by atoms with Crippen LogP contribution < -0.4 is 10.6 Å². The summed E-state index contributed by atoms with van der Waals surface area (Å²) in [6.07, 6.45) is 4.10. The molecule has 4 nitrogen and oxygen atoms in total. The van der Waals surface area contributed by atoms with Gasteiger partial charge in [-0.15, -0.1) is 0 Å². The van der Waals surface area contributed by atoms with Crippen molar-refractivity contribution in [1.82, 2.24) is 10.6 Å². The van der Waals surface area contributed by atoms with Gasteiger partial charge in [0.2, 0.25) is 0 Å². The molecule has 84 valence electrons. The van der Waals surface area contributed by atoms with Crippen LogP contribution in [0.5, 0.6) is 0 Å². The topological polar surface area (TPSA) is 50.4 Å². The highest BCUT2D eigenvalue weighted by Crippen LogP contribution is 1.87. The summed E-state index contributed by atoms with van der Waals surface area (Å²) in [5, 5.41) is 5.59. The summed E-state index contributed by atoms with van der Waals surface area (Å²) in [7, 11) is 1.69. The first kappa shape index (κ1) is 13.2. The van der Waals surface area contributed by atoms with Gasteiger partial charge < -0.3 is 15.4 Å². The van der Waals surface area contributed by atoms with E-state index in [0.717, 1.165) is 45.4 Å². The zero-order chi connectivity index (χ0) is 10.6. The summed E-state index contributed by atoms with van der Waals surface area (Å²) >= 11 is 0. The molecular weight excluding hydrogens is 180 g/mol. The molecule has 0 aliphatic heterocycles. The average Bonchev–Trinajstić information content (AvgIpc) is 2.18. The second-order valence-corrected chi connectivity index (χ2v) is 3.24. The first-order chi connectivity index (χ1) is 6.81. The standard InChI is InChI=1S/C10H22N2O2/c1-3-4-7-11-10(13)12-8-5-6-9-14-2/h3-9H2,1-2H3,(H2,11,12,13). The maximum atomic E-state index is 11.1. The first-order valence-electron chi connectivity index (χ1n) is 5.32. The Balaban J connectivity index is 3.10. The van der Waals surface area contributed by atoms with Crippen LogP contribution in [0.25, 0.3) is 0 Å². The molecule has 0 spiro atoms. The molecule has 0 saturated heterocycles. The highest BCUT2D eigenvalue weighted by Gasteiger charge is 1.96. The third-order valence-corrected chi connectivity index (χ3v) is 1.88. The minimum Gasteiger partial charge on any atom is -0.385 e. The van der Waals surface area contributed by atoms with Crippen molar-refractivity contribution in [3.63, 3.8) is 0 Å². The lowest BCUT2D eigenvalue weighted by atomic mass is 10.3. The highest BCUT2D eigenvalue weighted by molar-refractivity contribution is 5.73. The maximum absolute atomic E-state index is 11.1. The predicted octanol–water partition coefficient (Wildman–Crippen LogP) is 1.51. The molecule has 0 fully saturated rings. The van der Waals surface area contributed by atoms with Gasteiger partial charge in [0.05, 0.1) is 0 Å². The molecule has 2 N–H and O–H groups in total. The Labute approximate surface area is 86.4 Å². The molecular formula is C10H22N2O2. The van der Waals surface area contributed by atoms with E-state index in [2.05, 4.69) is 17.6 Å². The minimum absolute atomic E-state index is 0.0594. The number of carbonyl (C=O) groups is 1. The van der Waals surface area contributed by atoms with Crippen molar-refractivity contribution in [2.75, 3.05) is 26.8 Å². The number of ether oxygens (including phenoxy) is 1. The quantitative estimate of drug-likeness (QED) is 0.586. The van der Waals surface area contributed by atoms with Crippen LogP contribution in [0.1, 0.15) is 32.6 Å². The van der Waals surface area contributed by atoms with Gasteiger partial charge in [0.15, 0.2) is 0 Å². The largest absolute Gasteiger partial charge is 0.385 e. The molecule has 0 aromatic rings. The minimum atomic E-state index is -0.0594. The van der Waals surface area contributed by atoms with E-state index in [1.807, 2.05) is 0 Å². The Kier molecular flexibility index (Phi) is 9.74. The zero-order valence-electron chi connectivity index (χ0n) is 9.27. The van der Waals surface area contributed by atoms with Crippen molar-refractivity contribution in [2.24, 2.45) is 0 Å². The summed E-state index contributed by atoms with van der Waals surface area (Å²) in [6, 6.07) is -0.0594. The third-order valence-electron chi connectivity index (χ3n) is 1.88. The SMILES string of the molecule is CCCCNC(=O)NCCCCOC. The number of nitrogens with one attached hydrogen (secondary N) is 2. The molecule has 0 bridgehead atoms. The van der Waals surface area contributed by atoms with Gasteiger partial charge in [0.25, 0.3) is 0 Å². The summed E-state index contributed by atoms with van der Waals surface area (Å²) in [5.74, 6) is 0. The smallest absolute Gasteiger partial charge is 0.314 e. The van der Waals surface area contributed by atoms with Gasteiger partial charge in [-0.2, -0.15) is 0 Å². The first-order valence-corrected chi connectivity index (χ1v) is 5.32. The summed E-state index contributed by atoms with van der Waals surface area (Å²) < 4.78 is 4.90. The molecule has 0 heterocycles. The molecule has 0 radical (unpaired) electrons. The number of carbonyl (C=O) groups excluding carboxylic acids is 1. The molecule has 0 aromatic heterocycles. The normalized spacial score (nSPS) is 9.86. The van der Waals surface area contributed by atoms with Gasteiger partial charge in [-0.1, -0.05) is 13.3 Å². The molecule has 0 aromatic carbocycles. The monoisotopic (exact) mass is 202 g/mol. The van der Waals surface area contributed by atoms with Crippen LogP contribution in [0, 0.1) is 0 Å². The molecule has 0 unspecified atom stereocenters. The third kappa shape index (κ3) is 9.32. The van der Waals surface area contributed by atoms with Gasteiger partial charge in [-0.25, -0.2) is 4.79 Å². The van der Waals surface area contributed by atoms with Crippen molar-refractivity contribution < 1.29 is 9.53 Å². The lowest BCUT2D eigenvalue weighted by Gasteiger charge is -2.06. The molecule has 2 amide bonds. The van der Waals surface area contributed by atoms with E-state index in [4.69, 9.17) is 4.74 Å². The van der Waals surface area contributed by atoms with Gasteiger partial charge in [-0.05, 0) is 19.3 Å². The molecule has 0 saturated carbocycles. The van der Waals surface area contributed by atoms with Crippen molar-refractivity contribution in [1.29, 1.82) is 0 Å². The Morgan fingerprint density at radius 1 is 1.14 bits per heavy atom. The van der Waals surface area contributed by atoms with Gasteiger partial charge in [0, 0.05) is 26.8 Å². The van der Waals surface area contributed by atoms with Crippen LogP contribution in [0.2, 0.25) is 0 Å². The number of amides is 2. The number of methoxy groups -OCH3 is 1. The number of unbranched alkanes of at least 4 members (excludes halogenated alkanes) is 2. The van der Waals surface area contributed by atoms with E-state index >= 15 is 0 Å². The van der Waals surface area contributed by atoms with E-state index in [9.17, 15) is 4.79 Å². The van der Waals surface area contributed by atoms with E-state index in [1.165, 1.54) is 0 Å². The van der Waals surface area contributed by atoms with E-state index in [-0.39, 0.29) is 6.03 Å². The summed E-state index contributed by atoms with van der Waals surface area (Å²) in [5.41, 5.74) is 0. The Morgan fingerprint density at radius 3 is 2.36 bits per heavy atom. The van der Waals surface area contributed by atoms with Crippen LogP contribution in [-0.2, 0) is 4.74 Å². The second-order valence-electron chi connectivity index (χ2n) is 3.24. The van der Waals surface area contributed by atoms with Crippen LogP contribution in [0.15, 0.2) is 0 Å². The second kappa shape index (κ2) is 10.3. The van der Waals surface area contributed by atoms with Crippen LogP contribution in [0.4, 0.5) is 4.79 Å². The van der Waals surface area contributed by atoms with Gasteiger partial charge >= 0.3 is 6.03 Å². The van der Waals surface area contributed by atoms with Crippen molar-refractivity contribution >= 4 is 6.03 Å². The lowest BCUT2D eigenvalue weighted by Crippen LogP contribution is -2.36. The number of hydrogen-bond acceptors (Lipinski definition) is 2. The van der Waals surface area contributed by atoms with Crippen LogP contribution in [-0.4, -0.2) is 32.8 Å². The predicted molar refractivity (Wildman–Crippen MR) is 57.4 cm³/mol. The maximum Gasteiger partial charge on any atom is 0.314 e. The molecule has 0 atom stereocenters. The molecule has 14 heavy (non-hydrogen) atoms. The van der Waals surface area contributed by atoms with Crippen LogP contribution in [0.3, 0.4) is 0 Å². The fourth-order valence-corrected chi connectivity index (χ4v) is 1.01.